The van der Waals surface area contributed by atoms with Gasteiger partial charge in [0.2, 0.25) is 5.91 Å². The molecule has 0 radical (unpaired) electrons. The van der Waals surface area contributed by atoms with E-state index in [-0.39, 0.29) is 30.0 Å². The van der Waals surface area contributed by atoms with Gasteiger partial charge in [0.1, 0.15) is 5.82 Å². The summed E-state index contributed by atoms with van der Waals surface area (Å²) in [5.74, 6) is -0.440. The van der Waals surface area contributed by atoms with Gasteiger partial charge in [0.05, 0.1) is 0 Å². The highest BCUT2D eigenvalue weighted by atomic mass is 35.5. The van der Waals surface area contributed by atoms with Crippen molar-refractivity contribution in [2.24, 2.45) is 11.7 Å². The SMILES string of the molecule is CC(CN)C(=O)N(C)Cc1ccc(F)cc1.Cl. The van der Waals surface area contributed by atoms with Crippen molar-refractivity contribution < 1.29 is 9.18 Å². The predicted octanol–water partition coefficient (Wildman–Crippen LogP) is 1.80. The molecule has 5 heteroatoms. The van der Waals surface area contributed by atoms with Crippen molar-refractivity contribution in [3.63, 3.8) is 0 Å². The maximum absolute atomic E-state index is 12.7. The quantitative estimate of drug-likeness (QED) is 0.897. The first-order valence-electron chi connectivity index (χ1n) is 5.24. The number of hydrogen-bond acceptors (Lipinski definition) is 2. The molecule has 0 fully saturated rings. The van der Waals surface area contributed by atoms with E-state index in [0.29, 0.717) is 13.1 Å². The van der Waals surface area contributed by atoms with Gasteiger partial charge in [-0.2, -0.15) is 0 Å². The van der Waals surface area contributed by atoms with Crippen molar-refractivity contribution in [3.05, 3.63) is 35.6 Å². The second kappa shape index (κ2) is 7.25. The lowest BCUT2D eigenvalue weighted by molar-refractivity contribution is -0.133. The number of amides is 1. The van der Waals surface area contributed by atoms with Gasteiger partial charge in [-0.05, 0) is 17.7 Å². The van der Waals surface area contributed by atoms with Gasteiger partial charge in [-0.15, -0.1) is 12.4 Å². The van der Waals surface area contributed by atoms with Crippen molar-refractivity contribution in [2.75, 3.05) is 13.6 Å². The van der Waals surface area contributed by atoms with E-state index in [2.05, 4.69) is 0 Å². The maximum Gasteiger partial charge on any atom is 0.226 e. The average molecular weight is 261 g/mol. The van der Waals surface area contributed by atoms with Gasteiger partial charge < -0.3 is 10.6 Å². The Morgan fingerprint density at radius 3 is 2.41 bits per heavy atom. The van der Waals surface area contributed by atoms with Crippen LogP contribution in [0.25, 0.3) is 0 Å². The van der Waals surface area contributed by atoms with E-state index in [1.807, 2.05) is 0 Å². The molecule has 1 aromatic rings. The molecule has 17 heavy (non-hydrogen) atoms. The standard InChI is InChI=1S/C12H17FN2O.ClH/c1-9(7-14)12(16)15(2)8-10-3-5-11(13)6-4-10;/h3-6,9H,7-8,14H2,1-2H3;1H. The van der Waals surface area contributed by atoms with E-state index in [1.54, 1.807) is 31.0 Å². The molecule has 1 amide bonds. The molecule has 1 unspecified atom stereocenters. The smallest absolute Gasteiger partial charge is 0.226 e. The highest BCUT2D eigenvalue weighted by Crippen LogP contribution is 2.07. The van der Waals surface area contributed by atoms with Crippen molar-refractivity contribution in [3.8, 4) is 0 Å². The summed E-state index contributed by atoms with van der Waals surface area (Å²) in [6.45, 7) is 2.61. The Hall–Kier alpha value is -1.13. The molecule has 1 atom stereocenters. The Morgan fingerprint density at radius 2 is 1.94 bits per heavy atom. The lowest BCUT2D eigenvalue weighted by atomic mass is 10.1. The zero-order valence-electron chi connectivity index (χ0n) is 10.0. The Bertz CT molecular complexity index is 356. The van der Waals surface area contributed by atoms with Gasteiger partial charge in [-0.1, -0.05) is 19.1 Å². The van der Waals surface area contributed by atoms with Crippen LogP contribution in [-0.2, 0) is 11.3 Å². The third kappa shape index (κ3) is 4.71. The van der Waals surface area contributed by atoms with Gasteiger partial charge in [0.15, 0.2) is 0 Å². The molecule has 0 saturated carbocycles. The summed E-state index contributed by atoms with van der Waals surface area (Å²) in [4.78, 5) is 13.3. The van der Waals surface area contributed by atoms with Gasteiger partial charge in [-0.25, -0.2) is 4.39 Å². The molecule has 0 heterocycles. The topological polar surface area (TPSA) is 46.3 Å². The Balaban J connectivity index is 0.00000256. The van der Waals surface area contributed by atoms with E-state index in [9.17, 15) is 9.18 Å². The molecule has 0 spiro atoms. The highest BCUT2D eigenvalue weighted by Gasteiger charge is 2.15. The predicted molar refractivity (Wildman–Crippen MR) is 68.3 cm³/mol. The number of benzene rings is 1. The lowest BCUT2D eigenvalue weighted by Crippen LogP contribution is -2.34. The second-order valence-corrected chi connectivity index (χ2v) is 3.96. The zero-order valence-corrected chi connectivity index (χ0v) is 10.8. The summed E-state index contributed by atoms with van der Waals surface area (Å²) in [5.41, 5.74) is 6.33. The summed E-state index contributed by atoms with van der Waals surface area (Å²) in [6.07, 6.45) is 0. The van der Waals surface area contributed by atoms with Crippen molar-refractivity contribution in [1.29, 1.82) is 0 Å². The highest BCUT2D eigenvalue weighted by molar-refractivity contribution is 5.85. The molecule has 0 aliphatic rings. The van der Waals surface area contributed by atoms with E-state index in [4.69, 9.17) is 5.73 Å². The number of halogens is 2. The van der Waals surface area contributed by atoms with E-state index >= 15 is 0 Å². The fraction of sp³-hybridized carbons (Fsp3) is 0.417. The molecule has 3 nitrogen and oxygen atoms in total. The van der Waals surface area contributed by atoms with Gasteiger partial charge in [0.25, 0.3) is 0 Å². The molecule has 0 bridgehead atoms. The third-order valence-corrected chi connectivity index (χ3v) is 2.48. The minimum atomic E-state index is -0.270. The fourth-order valence-corrected chi connectivity index (χ4v) is 1.42. The Morgan fingerprint density at radius 1 is 1.41 bits per heavy atom. The van der Waals surface area contributed by atoms with Crippen LogP contribution in [0.5, 0.6) is 0 Å². The largest absolute Gasteiger partial charge is 0.341 e. The molecule has 96 valence electrons. The number of hydrogen-bond donors (Lipinski definition) is 1. The first-order valence-corrected chi connectivity index (χ1v) is 5.24. The van der Waals surface area contributed by atoms with Gasteiger partial charge in [-0.3, -0.25) is 4.79 Å². The molecule has 1 aromatic carbocycles. The molecule has 1 rings (SSSR count). The molecule has 0 aromatic heterocycles. The summed E-state index contributed by atoms with van der Waals surface area (Å²) in [5, 5.41) is 0. The monoisotopic (exact) mass is 260 g/mol. The number of carbonyl (C=O) groups is 1. The van der Waals surface area contributed by atoms with Crippen molar-refractivity contribution >= 4 is 18.3 Å². The van der Waals surface area contributed by atoms with Crippen LogP contribution in [0.2, 0.25) is 0 Å². The Kier molecular flexibility index (Phi) is 6.76. The summed E-state index contributed by atoms with van der Waals surface area (Å²) < 4.78 is 12.7. The molecule has 0 saturated heterocycles. The van der Waals surface area contributed by atoms with Gasteiger partial charge in [0, 0.05) is 26.1 Å². The number of rotatable bonds is 4. The van der Waals surface area contributed by atoms with E-state index in [0.717, 1.165) is 5.56 Å². The van der Waals surface area contributed by atoms with Gasteiger partial charge >= 0.3 is 0 Å². The molecule has 0 aliphatic carbocycles. The molecular weight excluding hydrogens is 243 g/mol. The molecule has 0 aliphatic heterocycles. The van der Waals surface area contributed by atoms with Crippen LogP contribution in [0, 0.1) is 11.7 Å². The minimum Gasteiger partial charge on any atom is -0.341 e. The number of nitrogens with two attached hydrogens (primary N) is 1. The van der Waals surface area contributed by atoms with Crippen LogP contribution < -0.4 is 5.73 Å². The van der Waals surface area contributed by atoms with Crippen LogP contribution in [0.3, 0.4) is 0 Å². The normalized spacial score (nSPS) is 11.5. The first-order chi connectivity index (χ1) is 7.54. The average Bonchev–Trinajstić information content (AvgIpc) is 2.30. The first kappa shape index (κ1) is 15.9. The maximum atomic E-state index is 12.7. The Labute approximate surface area is 107 Å². The number of nitrogens with zero attached hydrogens (tertiary/aromatic N) is 1. The second-order valence-electron chi connectivity index (χ2n) is 3.96. The summed E-state index contributed by atoms with van der Waals surface area (Å²) in [6, 6.07) is 6.12. The third-order valence-electron chi connectivity index (χ3n) is 2.48. The van der Waals surface area contributed by atoms with E-state index < -0.39 is 0 Å². The summed E-state index contributed by atoms with van der Waals surface area (Å²) in [7, 11) is 1.72. The lowest BCUT2D eigenvalue weighted by Gasteiger charge is -2.20. The van der Waals surface area contributed by atoms with Crippen LogP contribution >= 0.6 is 12.4 Å². The molecular formula is C12H18ClFN2O. The minimum absolute atomic E-state index is 0. The van der Waals surface area contributed by atoms with Crippen LogP contribution in [0.4, 0.5) is 4.39 Å². The van der Waals surface area contributed by atoms with Crippen LogP contribution in [0.1, 0.15) is 12.5 Å². The zero-order chi connectivity index (χ0) is 12.1. The van der Waals surface area contributed by atoms with Crippen LogP contribution in [-0.4, -0.2) is 24.4 Å². The summed E-state index contributed by atoms with van der Waals surface area (Å²) >= 11 is 0. The van der Waals surface area contributed by atoms with Crippen molar-refractivity contribution in [2.45, 2.75) is 13.5 Å². The van der Waals surface area contributed by atoms with E-state index in [1.165, 1.54) is 12.1 Å². The molecule has 2 N–H and O–H groups in total. The van der Waals surface area contributed by atoms with Crippen LogP contribution in [0.15, 0.2) is 24.3 Å². The fourth-order valence-electron chi connectivity index (χ4n) is 1.42. The number of carbonyl (C=O) groups excluding carboxylic acids is 1. The van der Waals surface area contributed by atoms with Crippen molar-refractivity contribution in [1.82, 2.24) is 4.90 Å².